The van der Waals surface area contributed by atoms with E-state index in [2.05, 4.69) is 36.0 Å². The Morgan fingerprint density at radius 1 is 1.23 bits per heavy atom. The van der Waals surface area contributed by atoms with Gasteiger partial charge in [0.05, 0.1) is 10.2 Å². The van der Waals surface area contributed by atoms with Crippen molar-refractivity contribution in [1.29, 1.82) is 0 Å². The van der Waals surface area contributed by atoms with E-state index in [1.54, 1.807) is 33.2 Å². The summed E-state index contributed by atoms with van der Waals surface area (Å²) in [6.07, 6.45) is 1.78. The van der Waals surface area contributed by atoms with Gasteiger partial charge in [0.15, 0.2) is 10.8 Å². The third kappa shape index (κ3) is 4.23. The summed E-state index contributed by atoms with van der Waals surface area (Å²) in [4.78, 5) is 21.5. The zero-order valence-corrected chi connectivity index (χ0v) is 17.3. The van der Waals surface area contributed by atoms with Gasteiger partial charge in [-0.15, -0.1) is 12.4 Å². The zero-order chi connectivity index (χ0) is 18.1. The highest BCUT2D eigenvalue weighted by Crippen LogP contribution is 2.32. The first-order chi connectivity index (χ1) is 11.8. The predicted octanol–water partition coefficient (Wildman–Crippen LogP) is 3.28. The third-order valence-electron chi connectivity index (χ3n) is 4.00. The van der Waals surface area contributed by atoms with Crippen LogP contribution in [0.2, 0.25) is 0 Å². The fourth-order valence-electron chi connectivity index (χ4n) is 2.73. The van der Waals surface area contributed by atoms with Gasteiger partial charge in [0.25, 0.3) is 5.91 Å². The normalized spacial score (nSPS) is 11.0. The van der Waals surface area contributed by atoms with Crippen molar-refractivity contribution >= 4 is 45.0 Å². The summed E-state index contributed by atoms with van der Waals surface area (Å²) in [5.74, 6) is -0.115. The average molecular weight is 394 g/mol. The molecule has 3 rings (SSSR count). The van der Waals surface area contributed by atoms with Crippen LogP contribution in [0.1, 0.15) is 21.6 Å². The van der Waals surface area contributed by atoms with E-state index in [0.29, 0.717) is 12.2 Å². The molecule has 140 valence electrons. The number of likely N-dealkylation sites (N-methyl/N-ethyl adjacent to an activating group) is 1. The molecule has 3 aromatic rings. The van der Waals surface area contributed by atoms with Gasteiger partial charge in [-0.25, -0.2) is 4.98 Å². The molecular weight excluding hydrogens is 370 g/mol. The molecule has 0 unspecified atom stereocenters. The quantitative estimate of drug-likeness (QED) is 0.667. The number of amides is 1. The van der Waals surface area contributed by atoms with Gasteiger partial charge in [-0.3, -0.25) is 14.4 Å². The van der Waals surface area contributed by atoms with Crippen LogP contribution >= 0.6 is 23.7 Å². The van der Waals surface area contributed by atoms with Crippen molar-refractivity contribution in [2.75, 3.05) is 32.1 Å². The van der Waals surface area contributed by atoms with Crippen molar-refractivity contribution < 1.29 is 4.79 Å². The van der Waals surface area contributed by atoms with Gasteiger partial charge in [0.1, 0.15) is 0 Å². The van der Waals surface area contributed by atoms with Gasteiger partial charge in [0.2, 0.25) is 0 Å². The number of aromatic nitrogens is 3. The minimum atomic E-state index is -0.115. The number of benzene rings is 1. The molecule has 8 heteroatoms. The molecule has 0 aliphatic carbocycles. The number of carbonyl (C=O) groups excluding carboxylic acids is 1. The van der Waals surface area contributed by atoms with Crippen LogP contribution in [0.25, 0.3) is 10.2 Å². The third-order valence-corrected chi connectivity index (χ3v) is 5.02. The van der Waals surface area contributed by atoms with Gasteiger partial charge in [0, 0.05) is 26.3 Å². The minimum absolute atomic E-state index is 0. The van der Waals surface area contributed by atoms with Gasteiger partial charge >= 0.3 is 0 Å². The molecule has 1 amide bonds. The largest absolute Gasteiger partial charge is 0.308 e. The number of carbonyl (C=O) groups is 1. The summed E-state index contributed by atoms with van der Waals surface area (Å²) in [6, 6.07) is 5.99. The van der Waals surface area contributed by atoms with E-state index < -0.39 is 0 Å². The molecule has 0 aliphatic heterocycles. The Kier molecular flexibility index (Phi) is 6.39. The highest BCUT2D eigenvalue weighted by atomic mass is 35.5. The van der Waals surface area contributed by atoms with E-state index in [0.717, 1.165) is 27.5 Å². The Labute approximate surface area is 163 Å². The number of anilines is 1. The standard InChI is InChI=1S/C18H23N5OS.ClH/c1-12-10-13(2)16-15(11-12)25-18(19-16)23(9-8-21(3)4)17(24)14-6-7-22(5)20-14;/h6-7,10-11H,8-9H2,1-5H3;1H. The van der Waals surface area contributed by atoms with Crippen LogP contribution in [-0.2, 0) is 7.05 Å². The van der Waals surface area contributed by atoms with Crippen molar-refractivity contribution in [3.05, 3.63) is 41.2 Å². The van der Waals surface area contributed by atoms with Crippen LogP contribution in [0, 0.1) is 13.8 Å². The molecule has 2 heterocycles. The van der Waals surface area contributed by atoms with Crippen molar-refractivity contribution in [2.45, 2.75) is 13.8 Å². The Balaban J connectivity index is 0.00000243. The lowest BCUT2D eigenvalue weighted by atomic mass is 10.1. The van der Waals surface area contributed by atoms with E-state index in [1.807, 2.05) is 21.1 Å². The number of thiazole rings is 1. The van der Waals surface area contributed by atoms with Gasteiger partial charge < -0.3 is 4.90 Å². The Hall–Kier alpha value is -1.96. The predicted molar refractivity (Wildman–Crippen MR) is 110 cm³/mol. The summed E-state index contributed by atoms with van der Waals surface area (Å²) in [5.41, 5.74) is 3.74. The first-order valence-corrected chi connectivity index (χ1v) is 9.01. The second-order valence-electron chi connectivity index (χ2n) is 6.56. The maximum atomic E-state index is 13.0. The van der Waals surface area contributed by atoms with E-state index >= 15 is 0 Å². The van der Waals surface area contributed by atoms with Crippen molar-refractivity contribution in [1.82, 2.24) is 19.7 Å². The molecule has 2 aromatic heterocycles. The molecule has 0 fully saturated rings. The molecule has 26 heavy (non-hydrogen) atoms. The summed E-state index contributed by atoms with van der Waals surface area (Å²) in [5, 5.41) is 4.98. The zero-order valence-electron chi connectivity index (χ0n) is 15.7. The summed E-state index contributed by atoms with van der Waals surface area (Å²) >= 11 is 1.56. The molecule has 0 saturated carbocycles. The lowest BCUT2D eigenvalue weighted by Gasteiger charge is -2.21. The molecule has 0 spiro atoms. The van der Waals surface area contributed by atoms with Crippen LogP contribution in [0.3, 0.4) is 0 Å². The fourth-order valence-corrected chi connectivity index (χ4v) is 3.89. The van der Waals surface area contributed by atoms with E-state index in [4.69, 9.17) is 4.98 Å². The van der Waals surface area contributed by atoms with Crippen molar-refractivity contribution in [3.63, 3.8) is 0 Å². The number of nitrogens with zero attached hydrogens (tertiary/aromatic N) is 5. The van der Waals surface area contributed by atoms with Crippen LogP contribution in [0.5, 0.6) is 0 Å². The number of halogens is 1. The smallest absolute Gasteiger partial charge is 0.280 e. The fraction of sp³-hybridized carbons (Fsp3) is 0.389. The number of hydrogen-bond acceptors (Lipinski definition) is 5. The first-order valence-electron chi connectivity index (χ1n) is 8.19. The number of aryl methyl sites for hydroxylation is 3. The summed E-state index contributed by atoms with van der Waals surface area (Å²) < 4.78 is 2.75. The van der Waals surface area contributed by atoms with Crippen LogP contribution in [-0.4, -0.2) is 52.8 Å². The summed E-state index contributed by atoms with van der Waals surface area (Å²) in [6.45, 7) is 5.46. The van der Waals surface area contributed by atoms with E-state index in [1.165, 1.54) is 5.56 Å². The molecule has 0 bridgehead atoms. The highest BCUT2D eigenvalue weighted by Gasteiger charge is 2.23. The van der Waals surface area contributed by atoms with Crippen LogP contribution in [0.4, 0.5) is 5.13 Å². The second kappa shape index (κ2) is 8.16. The number of rotatable bonds is 5. The van der Waals surface area contributed by atoms with E-state index in [9.17, 15) is 4.79 Å². The molecule has 1 aromatic carbocycles. The lowest BCUT2D eigenvalue weighted by Crippen LogP contribution is -2.37. The van der Waals surface area contributed by atoms with Gasteiger partial charge in [-0.1, -0.05) is 17.4 Å². The monoisotopic (exact) mass is 393 g/mol. The maximum Gasteiger partial charge on any atom is 0.280 e. The van der Waals surface area contributed by atoms with Crippen molar-refractivity contribution in [2.24, 2.45) is 7.05 Å². The molecular formula is C18H24ClN5OS. The minimum Gasteiger partial charge on any atom is -0.308 e. The topological polar surface area (TPSA) is 54.3 Å². The lowest BCUT2D eigenvalue weighted by molar-refractivity contribution is 0.0979. The summed E-state index contributed by atoms with van der Waals surface area (Å²) in [7, 11) is 5.80. The highest BCUT2D eigenvalue weighted by molar-refractivity contribution is 7.22. The molecule has 0 atom stereocenters. The molecule has 0 radical (unpaired) electrons. The van der Waals surface area contributed by atoms with E-state index in [-0.39, 0.29) is 18.3 Å². The average Bonchev–Trinajstić information content (AvgIpc) is 3.13. The molecule has 0 saturated heterocycles. The second-order valence-corrected chi connectivity index (χ2v) is 7.57. The Bertz CT molecular complexity index is 918. The first kappa shape index (κ1) is 20.4. The SMILES string of the molecule is Cc1cc(C)c2nc(N(CCN(C)C)C(=O)c3ccn(C)n3)sc2c1.Cl. The number of hydrogen-bond donors (Lipinski definition) is 0. The Morgan fingerprint density at radius 3 is 2.58 bits per heavy atom. The van der Waals surface area contributed by atoms with Crippen molar-refractivity contribution in [3.8, 4) is 0 Å². The molecule has 6 nitrogen and oxygen atoms in total. The van der Waals surface area contributed by atoms with Crippen LogP contribution < -0.4 is 4.90 Å². The molecule has 0 aliphatic rings. The van der Waals surface area contributed by atoms with Gasteiger partial charge in [-0.05, 0) is 51.2 Å². The molecule has 0 N–H and O–H groups in total. The van der Waals surface area contributed by atoms with Crippen LogP contribution in [0.15, 0.2) is 24.4 Å². The number of fused-ring (bicyclic) bond motifs is 1. The Morgan fingerprint density at radius 2 is 1.96 bits per heavy atom. The van der Waals surface area contributed by atoms with Gasteiger partial charge in [-0.2, -0.15) is 5.10 Å². The maximum absolute atomic E-state index is 13.0.